The molecule has 2 nitrogen and oxygen atoms in total. The van der Waals surface area contributed by atoms with Crippen molar-refractivity contribution in [1.82, 2.24) is 5.32 Å². The molecule has 2 unspecified atom stereocenters. The van der Waals surface area contributed by atoms with Gasteiger partial charge in [-0.2, -0.15) is 0 Å². The van der Waals surface area contributed by atoms with Crippen LogP contribution in [0.5, 0.6) is 0 Å². The van der Waals surface area contributed by atoms with E-state index in [2.05, 4.69) is 24.4 Å². The van der Waals surface area contributed by atoms with Crippen molar-refractivity contribution in [3.8, 4) is 0 Å². The van der Waals surface area contributed by atoms with Gasteiger partial charge in [-0.1, -0.05) is 25.5 Å². The van der Waals surface area contributed by atoms with Gasteiger partial charge in [0.15, 0.2) is 0 Å². The molecular weight excluding hydrogens is 186 g/mol. The first kappa shape index (κ1) is 12.7. The molecule has 1 N–H and O–H groups in total. The van der Waals surface area contributed by atoms with Crippen molar-refractivity contribution in [3.63, 3.8) is 0 Å². The molecule has 0 aromatic rings. The first-order valence-corrected chi connectivity index (χ1v) is 6.24. The van der Waals surface area contributed by atoms with Gasteiger partial charge in [-0.25, -0.2) is 0 Å². The summed E-state index contributed by atoms with van der Waals surface area (Å²) in [6, 6.07) is 0.547. The van der Waals surface area contributed by atoms with Gasteiger partial charge in [0.2, 0.25) is 0 Å². The van der Waals surface area contributed by atoms with Crippen LogP contribution in [-0.4, -0.2) is 26.3 Å². The van der Waals surface area contributed by atoms with E-state index in [0.717, 1.165) is 19.1 Å². The van der Waals surface area contributed by atoms with Crippen molar-refractivity contribution >= 4 is 0 Å². The van der Waals surface area contributed by atoms with E-state index in [1.807, 2.05) is 0 Å². The number of hydrogen-bond acceptors (Lipinski definition) is 2. The van der Waals surface area contributed by atoms with Gasteiger partial charge in [-0.15, -0.1) is 0 Å². The van der Waals surface area contributed by atoms with E-state index in [4.69, 9.17) is 4.74 Å². The van der Waals surface area contributed by atoms with Crippen LogP contribution in [0.2, 0.25) is 0 Å². The summed E-state index contributed by atoms with van der Waals surface area (Å²) < 4.78 is 5.22. The second-order valence-corrected chi connectivity index (χ2v) is 4.50. The van der Waals surface area contributed by atoms with Crippen LogP contribution < -0.4 is 5.32 Å². The van der Waals surface area contributed by atoms with Crippen molar-refractivity contribution in [2.45, 2.75) is 45.1 Å². The predicted molar refractivity (Wildman–Crippen MR) is 65.1 cm³/mol. The molecule has 2 atom stereocenters. The standard InChI is InChI=1S/C13H25NO/c1-3-7-13(11-15-2)14-10-12-8-5-4-6-9-12/h4-5,12-14H,3,6-11H2,1-2H3. The molecule has 15 heavy (non-hydrogen) atoms. The van der Waals surface area contributed by atoms with Gasteiger partial charge >= 0.3 is 0 Å². The molecule has 0 aliphatic heterocycles. The zero-order valence-corrected chi connectivity index (χ0v) is 10.2. The van der Waals surface area contributed by atoms with E-state index >= 15 is 0 Å². The number of rotatable bonds is 7. The second kappa shape index (κ2) is 7.89. The van der Waals surface area contributed by atoms with Crippen LogP contribution in [0.3, 0.4) is 0 Å². The number of nitrogens with one attached hydrogen (secondary N) is 1. The summed E-state index contributed by atoms with van der Waals surface area (Å²) in [5, 5.41) is 3.63. The van der Waals surface area contributed by atoms with E-state index in [9.17, 15) is 0 Å². The third-order valence-corrected chi connectivity index (χ3v) is 3.08. The molecule has 0 aromatic heterocycles. The molecule has 0 saturated carbocycles. The van der Waals surface area contributed by atoms with E-state index in [-0.39, 0.29) is 0 Å². The third kappa shape index (κ3) is 5.33. The van der Waals surface area contributed by atoms with Gasteiger partial charge in [0.25, 0.3) is 0 Å². The van der Waals surface area contributed by atoms with Crippen LogP contribution in [0.1, 0.15) is 39.0 Å². The quantitative estimate of drug-likeness (QED) is 0.654. The molecule has 0 spiro atoms. The van der Waals surface area contributed by atoms with Crippen molar-refractivity contribution in [1.29, 1.82) is 0 Å². The topological polar surface area (TPSA) is 21.3 Å². The third-order valence-electron chi connectivity index (χ3n) is 3.08. The van der Waals surface area contributed by atoms with Gasteiger partial charge in [0.1, 0.15) is 0 Å². The molecule has 0 saturated heterocycles. The Bertz CT molecular complexity index is 173. The Morgan fingerprint density at radius 1 is 1.47 bits per heavy atom. The highest BCUT2D eigenvalue weighted by atomic mass is 16.5. The van der Waals surface area contributed by atoms with Crippen LogP contribution in [-0.2, 0) is 4.74 Å². The summed E-state index contributed by atoms with van der Waals surface area (Å²) in [5.74, 6) is 0.839. The fourth-order valence-corrected chi connectivity index (χ4v) is 2.17. The molecule has 1 aliphatic carbocycles. The lowest BCUT2D eigenvalue weighted by atomic mass is 9.94. The highest BCUT2D eigenvalue weighted by molar-refractivity contribution is 4.90. The van der Waals surface area contributed by atoms with Crippen LogP contribution in [0, 0.1) is 5.92 Å². The lowest BCUT2D eigenvalue weighted by Crippen LogP contribution is -2.36. The van der Waals surface area contributed by atoms with E-state index in [1.54, 1.807) is 7.11 Å². The molecular formula is C13H25NO. The first-order valence-electron chi connectivity index (χ1n) is 6.24. The van der Waals surface area contributed by atoms with Crippen LogP contribution in [0.25, 0.3) is 0 Å². The van der Waals surface area contributed by atoms with Gasteiger partial charge in [0, 0.05) is 13.2 Å². The second-order valence-electron chi connectivity index (χ2n) is 4.50. The molecule has 1 rings (SSSR count). The molecule has 1 aliphatic rings. The van der Waals surface area contributed by atoms with Crippen LogP contribution in [0.4, 0.5) is 0 Å². The molecule has 2 heteroatoms. The van der Waals surface area contributed by atoms with Gasteiger partial charge in [0.05, 0.1) is 6.61 Å². The summed E-state index contributed by atoms with van der Waals surface area (Å²) in [6.45, 7) is 4.22. The van der Waals surface area contributed by atoms with Crippen molar-refractivity contribution in [3.05, 3.63) is 12.2 Å². The molecule has 0 amide bonds. The highest BCUT2D eigenvalue weighted by Crippen LogP contribution is 2.17. The maximum absolute atomic E-state index is 5.22. The number of ether oxygens (including phenoxy) is 1. The minimum absolute atomic E-state index is 0.547. The molecule has 0 bridgehead atoms. The molecule has 0 radical (unpaired) electrons. The lowest BCUT2D eigenvalue weighted by Gasteiger charge is -2.23. The first-order chi connectivity index (χ1) is 7.36. The Hall–Kier alpha value is -0.340. The largest absolute Gasteiger partial charge is 0.383 e. The average molecular weight is 211 g/mol. The minimum Gasteiger partial charge on any atom is -0.383 e. The fraction of sp³-hybridized carbons (Fsp3) is 0.846. The van der Waals surface area contributed by atoms with Gasteiger partial charge in [-0.3, -0.25) is 0 Å². The van der Waals surface area contributed by atoms with Gasteiger partial charge < -0.3 is 10.1 Å². The van der Waals surface area contributed by atoms with Crippen molar-refractivity contribution < 1.29 is 4.74 Å². The van der Waals surface area contributed by atoms with Crippen molar-refractivity contribution in [2.24, 2.45) is 5.92 Å². The average Bonchev–Trinajstić information content (AvgIpc) is 2.28. The molecule has 0 fully saturated rings. The predicted octanol–water partition coefficient (Wildman–Crippen LogP) is 2.75. The summed E-state index contributed by atoms with van der Waals surface area (Å²) in [4.78, 5) is 0. The lowest BCUT2D eigenvalue weighted by molar-refractivity contribution is 0.159. The zero-order valence-electron chi connectivity index (χ0n) is 10.2. The summed E-state index contributed by atoms with van der Waals surface area (Å²) in [5.41, 5.74) is 0. The van der Waals surface area contributed by atoms with Gasteiger partial charge in [-0.05, 0) is 38.1 Å². The van der Waals surface area contributed by atoms with E-state index < -0.39 is 0 Å². The SMILES string of the molecule is CCCC(COC)NCC1CC=CCC1. The maximum atomic E-state index is 5.22. The monoisotopic (exact) mass is 211 g/mol. The Labute approximate surface area is 94.1 Å². The molecule has 88 valence electrons. The summed E-state index contributed by atoms with van der Waals surface area (Å²) in [7, 11) is 1.79. The Morgan fingerprint density at radius 2 is 2.33 bits per heavy atom. The highest BCUT2D eigenvalue weighted by Gasteiger charge is 2.12. The van der Waals surface area contributed by atoms with E-state index in [1.165, 1.54) is 32.1 Å². The smallest absolute Gasteiger partial charge is 0.0615 e. The minimum atomic E-state index is 0.547. The number of allylic oxidation sites excluding steroid dienone is 2. The van der Waals surface area contributed by atoms with E-state index in [0.29, 0.717) is 6.04 Å². The Balaban J connectivity index is 2.16. The fourth-order valence-electron chi connectivity index (χ4n) is 2.17. The number of hydrogen-bond donors (Lipinski definition) is 1. The number of methoxy groups -OCH3 is 1. The Kier molecular flexibility index (Phi) is 6.69. The summed E-state index contributed by atoms with van der Waals surface area (Å²) >= 11 is 0. The maximum Gasteiger partial charge on any atom is 0.0615 e. The van der Waals surface area contributed by atoms with Crippen molar-refractivity contribution in [2.75, 3.05) is 20.3 Å². The summed E-state index contributed by atoms with van der Waals surface area (Å²) in [6.07, 6.45) is 10.9. The molecule has 0 heterocycles. The normalized spacial score (nSPS) is 22.9. The molecule has 0 aromatic carbocycles. The van der Waals surface area contributed by atoms with Crippen LogP contribution >= 0.6 is 0 Å². The van der Waals surface area contributed by atoms with Crippen LogP contribution in [0.15, 0.2) is 12.2 Å². The zero-order chi connectivity index (χ0) is 10.9. The Morgan fingerprint density at radius 3 is 2.93 bits per heavy atom.